The van der Waals surface area contributed by atoms with Gasteiger partial charge in [0.2, 0.25) is 11.8 Å². The third-order valence-corrected chi connectivity index (χ3v) is 5.88. The van der Waals surface area contributed by atoms with E-state index in [1.807, 2.05) is 4.90 Å². The average molecular weight is 337 g/mol. The van der Waals surface area contributed by atoms with E-state index in [0.717, 1.165) is 77.8 Å². The van der Waals surface area contributed by atoms with Crippen LogP contribution in [0.15, 0.2) is 0 Å². The highest BCUT2D eigenvalue weighted by Crippen LogP contribution is 2.26. The normalized spacial score (nSPS) is 26.8. The molecular formula is C18H31N3O3. The molecular weight excluding hydrogens is 306 g/mol. The smallest absolute Gasteiger partial charge is 0.226 e. The molecule has 2 amide bonds. The molecule has 136 valence electrons. The number of rotatable bonds is 4. The van der Waals surface area contributed by atoms with E-state index in [1.165, 1.54) is 0 Å². The molecule has 0 aromatic heterocycles. The van der Waals surface area contributed by atoms with Gasteiger partial charge in [0.1, 0.15) is 0 Å². The number of amides is 2. The van der Waals surface area contributed by atoms with Crippen LogP contribution in [-0.4, -0.2) is 83.5 Å². The van der Waals surface area contributed by atoms with Crippen molar-refractivity contribution in [2.75, 3.05) is 45.9 Å². The maximum absolute atomic E-state index is 12.7. The van der Waals surface area contributed by atoms with Gasteiger partial charge in [-0.05, 0) is 45.1 Å². The Morgan fingerprint density at radius 2 is 1.58 bits per heavy atom. The largest absolute Gasteiger partial charge is 0.396 e. The molecule has 0 bridgehead atoms. The van der Waals surface area contributed by atoms with E-state index < -0.39 is 0 Å². The molecule has 3 rings (SSSR count). The molecule has 3 aliphatic heterocycles. The summed E-state index contributed by atoms with van der Waals surface area (Å²) in [5.41, 5.74) is 0. The van der Waals surface area contributed by atoms with E-state index >= 15 is 0 Å². The second kappa shape index (κ2) is 8.30. The number of piperidine rings is 2. The summed E-state index contributed by atoms with van der Waals surface area (Å²) in [6, 6.07) is 0.498. The van der Waals surface area contributed by atoms with E-state index in [2.05, 4.69) is 9.80 Å². The predicted molar refractivity (Wildman–Crippen MR) is 91.4 cm³/mol. The van der Waals surface area contributed by atoms with Crippen LogP contribution < -0.4 is 0 Å². The molecule has 0 aromatic carbocycles. The molecule has 6 heteroatoms. The van der Waals surface area contributed by atoms with Crippen molar-refractivity contribution in [3.63, 3.8) is 0 Å². The molecule has 1 N–H and O–H groups in total. The van der Waals surface area contributed by atoms with Crippen LogP contribution in [0.2, 0.25) is 0 Å². The predicted octanol–water partition coefficient (Wildman–Crippen LogP) is 0.694. The fourth-order valence-corrected chi connectivity index (χ4v) is 4.47. The van der Waals surface area contributed by atoms with Gasteiger partial charge in [0.15, 0.2) is 0 Å². The molecule has 3 heterocycles. The molecule has 3 aliphatic rings. The third-order valence-electron chi connectivity index (χ3n) is 5.88. The number of aliphatic hydroxyl groups is 1. The number of nitrogens with zero attached hydrogens (tertiary/aromatic N) is 3. The van der Waals surface area contributed by atoms with Gasteiger partial charge in [-0.3, -0.25) is 14.5 Å². The van der Waals surface area contributed by atoms with Gasteiger partial charge < -0.3 is 14.9 Å². The Hall–Kier alpha value is -1.14. The Morgan fingerprint density at radius 3 is 2.25 bits per heavy atom. The van der Waals surface area contributed by atoms with Gasteiger partial charge in [0.05, 0.1) is 12.5 Å². The van der Waals surface area contributed by atoms with Gasteiger partial charge in [-0.25, -0.2) is 0 Å². The van der Waals surface area contributed by atoms with Crippen LogP contribution >= 0.6 is 0 Å². The highest BCUT2D eigenvalue weighted by Gasteiger charge is 2.34. The summed E-state index contributed by atoms with van der Waals surface area (Å²) in [4.78, 5) is 31.0. The standard InChI is InChI=1S/C18H31N3O3/c22-13-7-17(23)19-11-5-16(6-12-19)21-10-3-4-15(14-21)18(24)20-8-1-2-9-20/h15-16,22H,1-14H2/t15-/m0/s1. The summed E-state index contributed by atoms with van der Waals surface area (Å²) in [6.45, 7) is 5.37. The number of carbonyl (C=O) groups excluding carboxylic acids is 2. The molecule has 0 saturated carbocycles. The van der Waals surface area contributed by atoms with E-state index in [9.17, 15) is 9.59 Å². The fraction of sp³-hybridized carbons (Fsp3) is 0.889. The summed E-state index contributed by atoms with van der Waals surface area (Å²) in [7, 11) is 0. The first-order chi connectivity index (χ1) is 11.7. The quantitative estimate of drug-likeness (QED) is 0.820. The van der Waals surface area contributed by atoms with Crippen molar-refractivity contribution in [3.8, 4) is 0 Å². The maximum Gasteiger partial charge on any atom is 0.226 e. The van der Waals surface area contributed by atoms with Gasteiger partial charge in [-0.2, -0.15) is 0 Å². The number of likely N-dealkylation sites (tertiary alicyclic amines) is 3. The lowest BCUT2D eigenvalue weighted by atomic mass is 9.93. The van der Waals surface area contributed by atoms with Crippen molar-refractivity contribution in [3.05, 3.63) is 0 Å². The lowest BCUT2D eigenvalue weighted by Crippen LogP contribution is -2.51. The highest BCUT2D eigenvalue weighted by atomic mass is 16.3. The molecule has 0 unspecified atom stereocenters. The summed E-state index contributed by atoms with van der Waals surface area (Å²) < 4.78 is 0. The fourth-order valence-electron chi connectivity index (χ4n) is 4.47. The average Bonchev–Trinajstić information content (AvgIpc) is 3.16. The van der Waals surface area contributed by atoms with Crippen LogP contribution in [-0.2, 0) is 9.59 Å². The second-order valence-corrected chi connectivity index (χ2v) is 7.45. The molecule has 0 spiro atoms. The first-order valence-electron chi connectivity index (χ1n) is 9.60. The zero-order chi connectivity index (χ0) is 16.9. The lowest BCUT2D eigenvalue weighted by molar-refractivity contribution is -0.136. The van der Waals surface area contributed by atoms with Gasteiger partial charge in [-0.1, -0.05) is 0 Å². The van der Waals surface area contributed by atoms with Crippen LogP contribution in [0.25, 0.3) is 0 Å². The molecule has 0 aromatic rings. The molecule has 1 atom stereocenters. The maximum atomic E-state index is 12.7. The molecule has 3 saturated heterocycles. The molecule has 3 fully saturated rings. The van der Waals surface area contributed by atoms with Gasteiger partial charge >= 0.3 is 0 Å². The van der Waals surface area contributed by atoms with Crippen LogP contribution in [0.4, 0.5) is 0 Å². The zero-order valence-electron chi connectivity index (χ0n) is 14.7. The second-order valence-electron chi connectivity index (χ2n) is 7.45. The first kappa shape index (κ1) is 17.7. The first-order valence-corrected chi connectivity index (χ1v) is 9.60. The molecule has 0 radical (unpaired) electrons. The number of aliphatic hydroxyl groups excluding tert-OH is 1. The molecule has 6 nitrogen and oxygen atoms in total. The lowest BCUT2D eigenvalue weighted by Gasteiger charge is -2.42. The van der Waals surface area contributed by atoms with E-state index in [-0.39, 0.29) is 24.9 Å². The van der Waals surface area contributed by atoms with Crippen LogP contribution in [0, 0.1) is 5.92 Å². The van der Waals surface area contributed by atoms with Crippen LogP contribution in [0.5, 0.6) is 0 Å². The number of hydrogen-bond acceptors (Lipinski definition) is 4. The van der Waals surface area contributed by atoms with E-state index in [1.54, 1.807) is 0 Å². The Labute approximate surface area is 144 Å². The minimum absolute atomic E-state index is 0.0643. The Bertz CT molecular complexity index is 443. The minimum atomic E-state index is -0.0643. The zero-order valence-corrected chi connectivity index (χ0v) is 14.7. The highest BCUT2D eigenvalue weighted by molar-refractivity contribution is 5.79. The summed E-state index contributed by atoms with van der Waals surface area (Å²) in [6.07, 6.45) is 6.66. The van der Waals surface area contributed by atoms with Crippen molar-refractivity contribution in [2.45, 2.75) is 51.0 Å². The summed E-state index contributed by atoms with van der Waals surface area (Å²) in [5.74, 6) is 0.607. The Balaban J connectivity index is 1.48. The Kier molecular flexibility index (Phi) is 6.11. The topological polar surface area (TPSA) is 64.1 Å². The molecule has 0 aliphatic carbocycles. The van der Waals surface area contributed by atoms with Gasteiger partial charge in [-0.15, -0.1) is 0 Å². The van der Waals surface area contributed by atoms with Crippen LogP contribution in [0.3, 0.4) is 0 Å². The third kappa shape index (κ3) is 4.09. The van der Waals surface area contributed by atoms with Crippen molar-refractivity contribution >= 4 is 11.8 Å². The monoisotopic (exact) mass is 337 g/mol. The van der Waals surface area contributed by atoms with E-state index in [4.69, 9.17) is 5.11 Å². The van der Waals surface area contributed by atoms with Crippen LogP contribution in [0.1, 0.15) is 44.9 Å². The molecule has 24 heavy (non-hydrogen) atoms. The Morgan fingerprint density at radius 1 is 0.875 bits per heavy atom. The summed E-state index contributed by atoms with van der Waals surface area (Å²) in [5, 5.41) is 8.90. The summed E-state index contributed by atoms with van der Waals surface area (Å²) >= 11 is 0. The number of carbonyl (C=O) groups is 2. The number of hydrogen-bond donors (Lipinski definition) is 1. The van der Waals surface area contributed by atoms with Crippen molar-refractivity contribution in [1.29, 1.82) is 0 Å². The van der Waals surface area contributed by atoms with E-state index in [0.29, 0.717) is 11.9 Å². The van der Waals surface area contributed by atoms with Crippen molar-refractivity contribution < 1.29 is 14.7 Å². The van der Waals surface area contributed by atoms with Gasteiger partial charge in [0, 0.05) is 45.2 Å². The van der Waals surface area contributed by atoms with Crippen molar-refractivity contribution in [1.82, 2.24) is 14.7 Å². The minimum Gasteiger partial charge on any atom is -0.396 e. The van der Waals surface area contributed by atoms with Gasteiger partial charge in [0.25, 0.3) is 0 Å². The van der Waals surface area contributed by atoms with Crippen molar-refractivity contribution in [2.24, 2.45) is 5.92 Å². The SMILES string of the molecule is O=C(CCO)N1CCC(N2CCC[C@H](C(=O)N3CCCC3)C2)CC1.